The number of carbonyl (C=O) groups is 1. The fourth-order valence-electron chi connectivity index (χ4n) is 2.39. The number of anilines is 1. The molecule has 1 aromatic carbocycles. The van der Waals surface area contributed by atoms with Crippen LogP contribution in [0.4, 0.5) is 5.82 Å². The van der Waals surface area contributed by atoms with Crippen LogP contribution in [-0.4, -0.2) is 99.3 Å². The van der Waals surface area contributed by atoms with Crippen molar-refractivity contribution in [1.29, 1.82) is 0 Å². The number of amides is 1. The van der Waals surface area contributed by atoms with Gasteiger partial charge in [0.2, 0.25) is 0 Å². The number of aryl methyl sites for hydroxylation is 1. The van der Waals surface area contributed by atoms with Crippen LogP contribution < -0.4 is 10.1 Å². The zero-order valence-electron chi connectivity index (χ0n) is 15.9. The van der Waals surface area contributed by atoms with Gasteiger partial charge >= 0.3 is 51.4 Å². The predicted molar refractivity (Wildman–Crippen MR) is 118 cm³/mol. The molecular formula is C18H17KN8O2S2. The third kappa shape index (κ3) is 6.38. The maximum absolute atomic E-state index is 12.9. The Balaban J connectivity index is 0.00000272. The summed E-state index contributed by atoms with van der Waals surface area (Å²) in [6.07, 6.45) is 4.80. The van der Waals surface area contributed by atoms with Crippen LogP contribution in [0.5, 0.6) is 5.75 Å². The number of nitrogens with zero attached hydrogens (tertiary/aromatic N) is 6. The number of aromatic amines is 1. The number of nitrogens with one attached hydrogen (secondary N) is 2. The van der Waals surface area contributed by atoms with Crippen molar-refractivity contribution in [2.45, 2.75) is 20.1 Å². The second kappa shape index (κ2) is 11.2. The molecule has 0 fully saturated rings. The SMILES string of the molecule is COc1ccc(Sc2ncc(Sc3nnc[nH]3)nc2C(=O)Nc2ccn(C)n2)cc1.[KH]. The molecule has 13 heteroatoms. The Morgan fingerprint density at radius 2 is 2.00 bits per heavy atom. The first-order valence-corrected chi connectivity index (χ1v) is 10.3. The second-order valence-corrected chi connectivity index (χ2v) is 7.94. The Hall–Kier alpha value is -1.74. The van der Waals surface area contributed by atoms with E-state index in [9.17, 15) is 4.79 Å². The molecule has 0 saturated heterocycles. The van der Waals surface area contributed by atoms with E-state index in [0.717, 1.165) is 10.6 Å². The molecule has 31 heavy (non-hydrogen) atoms. The van der Waals surface area contributed by atoms with Crippen LogP contribution in [0.3, 0.4) is 0 Å². The number of aromatic nitrogens is 7. The van der Waals surface area contributed by atoms with Crippen molar-refractivity contribution in [2.24, 2.45) is 7.05 Å². The third-order valence-corrected chi connectivity index (χ3v) is 5.56. The number of H-pyrrole nitrogens is 1. The fourth-order valence-corrected chi connectivity index (χ4v) is 3.87. The van der Waals surface area contributed by atoms with Gasteiger partial charge in [-0.05, 0) is 36.0 Å². The fraction of sp³-hybridized carbons (Fsp3) is 0.111. The average molecular weight is 481 g/mol. The first-order chi connectivity index (χ1) is 14.6. The van der Waals surface area contributed by atoms with Gasteiger partial charge < -0.3 is 15.0 Å². The van der Waals surface area contributed by atoms with Crippen molar-refractivity contribution < 1.29 is 9.53 Å². The van der Waals surface area contributed by atoms with Gasteiger partial charge in [-0.3, -0.25) is 9.48 Å². The van der Waals surface area contributed by atoms with Crippen LogP contribution in [-0.2, 0) is 7.05 Å². The summed E-state index contributed by atoms with van der Waals surface area (Å²) in [5.74, 6) is 0.771. The number of hydrogen-bond acceptors (Lipinski definition) is 9. The number of benzene rings is 1. The molecule has 2 N–H and O–H groups in total. The second-order valence-electron chi connectivity index (χ2n) is 5.86. The third-order valence-electron chi connectivity index (χ3n) is 3.76. The van der Waals surface area contributed by atoms with E-state index in [-0.39, 0.29) is 57.1 Å². The van der Waals surface area contributed by atoms with Crippen LogP contribution in [0.15, 0.2) is 69.2 Å². The molecule has 3 heterocycles. The molecule has 1 amide bonds. The zero-order valence-corrected chi connectivity index (χ0v) is 17.6. The molecule has 154 valence electrons. The van der Waals surface area contributed by atoms with Crippen molar-refractivity contribution in [1.82, 2.24) is 34.9 Å². The van der Waals surface area contributed by atoms with E-state index < -0.39 is 5.91 Å². The molecule has 4 aromatic rings. The molecule has 0 radical (unpaired) electrons. The van der Waals surface area contributed by atoms with Gasteiger partial charge in [0.15, 0.2) is 16.7 Å². The molecule has 0 bridgehead atoms. The molecule has 0 aliphatic carbocycles. The minimum atomic E-state index is -0.405. The van der Waals surface area contributed by atoms with E-state index >= 15 is 0 Å². The van der Waals surface area contributed by atoms with Crippen LogP contribution in [0, 0.1) is 0 Å². The Labute approximate surface area is 228 Å². The molecule has 4 rings (SSSR count). The number of rotatable bonds is 7. The van der Waals surface area contributed by atoms with Gasteiger partial charge in [0.25, 0.3) is 5.91 Å². The molecule has 10 nitrogen and oxygen atoms in total. The van der Waals surface area contributed by atoms with Gasteiger partial charge in [-0.2, -0.15) is 5.10 Å². The Kier molecular flexibility index (Phi) is 8.65. The molecule has 0 aliphatic rings. The summed E-state index contributed by atoms with van der Waals surface area (Å²) >= 11 is 2.56. The maximum atomic E-state index is 12.9. The Morgan fingerprint density at radius 1 is 1.19 bits per heavy atom. The van der Waals surface area contributed by atoms with E-state index in [1.165, 1.54) is 29.9 Å². The molecule has 0 spiro atoms. The van der Waals surface area contributed by atoms with Crippen LogP contribution in [0.1, 0.15) is 10.5 Å². The number of carbonyl (C=O) groups excluding carboxylic acids is 1. The quantitative estimate of drug-likeness (QED) is 0.383. The van der Waals surface area contributed by atoms with Crippen LogP contribution >= 0.6 is 23.5 Å². The Bertz CT molecular complexity index is 1150. The van der Waals surface area contributed by atoms with Crippen molar-refractivity contribution in [3.8, 4) is 5.75 Å². The van der Waals surface area contributed by atoms with Crippen LogP contribution in [0.25, 0.3) is 0 Å². The zero-order chi connectivity index (χ0) is 20.9. The summed E-state index contributed by atoms with van der Waals surface area (Å²) in [5, 5.41) is 16.1. The number of methoxy groups -OCH3 is 1. The van der Waals surface area contributed by atoms with E-state index in [0.29, 0.717) is 21.0 Å². The summed E-state index contributed by atoms with van der Waals surface area (Å²) in [4.78, 5) is 25.7. The molecule has 0 atom stereocenters. The monoisotopic (exact) mass is 480 g/mol. The molecular weight excluding hydrogens is 463 g/mol. The topological polar surface area (TPSA) is 124 Å². The van der Waals surface area contributed by atoms with Crippen molar-refractivity contribution in [2.75, 3.05) is 12.4 Å². The van der Waals surface area contributed by atoms with E-state index in [4.69, 9.17) is 4.74 Å². The molecule has 0 unspecified atom stereocenters. The van der Waals surface area contributed by atoms with Crippen molar-refractivity contribution in [3.63, 3.8) is 0 Å². The first kappa shape index (κ1) is 23.9. The molecule has 0 aliphatic heterocycles. The van der Waals surface area contributed by atoms with Gasteiger partial charge in [0.05, 0.1) is 13.3 Å². The van der Waals surface area contributed by atoms with Crippen LogP contribution in [0.2, 0.25) is 0 Å². The van der Waals surface area contributed by atoms with Crippen molar-refractivity contribution in [3.05, 3.63) is 54.7 Å². The Morgan fingerprint density at radius 3 is 2.65 bits per heavy atom. The minimum absolute atomic E-state index is 0. The van der Waals surface area contributed by atoms with Gasteiger partial charge in [-0.25, -0.2) is 9.97 Å². The summed E-state index contributed by atoms with van der Waals surface area (Å²) in [7, 11) is 3.38. The van der Waals surface area contributed by atoms with Gasteiger partial charge in [0.1, 0.15) is 22.1 Å². The summed E-state index contributed by atoms with van der Waals surface area (Å²) in [6.45, 7) is 0. The standard InChI is InChI=1S/C18H16N8O2S2.K.H/c1-26-8-7-13(25-26)22-16(27)15-17(29-12-5-3-11(28-2)4-6-12)19-9-14(23-15)30-18-20-10-21-24-18;;/h3-10H,1-2H3,(H,20,21,24)(H,22,25,27);;. The molecule has 0 saturated carbocycles. The number of hydrogen-bond donors (Lipinski definition) is 2. The first-order valence-electron chi connectivity index (χ1n) is 8.64. The predicted octanol–water partition coefficient (Wildman–Crippen LogP) is 2.24. The van der Waals surface area contributed by atoms with Gasteiger partial charge in [-0.1, -0.05) is 11.8 Å². The van der Waals surface area contributed by atoms with Gasteiger partial charge in [-0.15, -0.1) is 10.2 Å². The summed E-state index contributed by atoms with van der Waals surface area (Å²) < 4.78 is 6.79. The summed E-state index contributed by atoms with van der Waals surface area (Å²) in [5.41, 5.74) is 0.186. The summed E-state index contributed by atoms with van der Waals surface area (Å²) in [6, 6.07) is 9.18. The average Bonchev–Trinajstić information content (AvgIpc) is 3.41. The molecule has 3 aromatic heterocycles. The van der Waals surface area contributed by atoms with E-state index in [2.05, 4.69) is 35.6 Å². The van der Waals surface area contributed by atoms with Gasteiger partial charge in [0, 0.05) is 24.2 Å². The normalized spacial score (nSPS) is 10.4. The van der Waals surface area contributed by atoms with E-state index in [1.807, 2.05) is 24.3 Å². The van der Waals surface area contributed by atoms with Crippen molar-refractivity contribution >= 4 is 86.6 Å². The van der Waals surface area contributed by atoms with E-state index in [1.54, 1.807) is 37.3 Å². The number of ether oxygens (including phenoxy) is 1.